The molecule has 0 fully saturated rings. The normalized spacial score (nSPS) is 12.0. The first kappa shape index (κ1) is 24.8. The number of sulfonamides is 1. The molecule has 0 bridgehead atoms. The summed E-state index contributed by atoms with van der Waals surface area (Å²) in [5.41, 5.74) is 4.96. The molecule has 0 saturated heterocycles. The summed E-state index contributed by atoms with van der Waals surface area (Å²) in [6.45, 7) is 1.81. The topological polar surface area (TPSA) is 129 Å². The summed E-state index contributed by atoms with van der Waals surface area (Å²) in [5, 5.41) is 7.47. The van der Waals surface area contributed by atoms with E-state index in [4.69, 9.17) is 0 Å². The summed E-state index contributed by atoms with van der Waals surface area (Å²) in [5.74, 6) is -0.704. The van der Waals surface area contributed by atoms with Crippen LogP contribution in [0.3, 0.4) is 0 Å². The van der Waals surface area contributed by atoms with Gasteiger partial charge in [0.15, 0.2) is 5.82 Å². The number of aromatic amines is 2. The molecule has 196 valence electrons. The molecule has 0 atom stereocenters. The van der Waals surface area contributed by atoms with Crippen LogP contribution < -0.4 is 4.72 Å². The summed E-state index contributed by atoms with van der Waals surface area (Å²) in [7, 11) is -3.46. The van der Waals surface area contributed by atoms with Gasteiger partial charge in [-0.25, -0.2) is 26.9 Å². The van der Waals surface area contributed by atoms with Crippen molar-refractivity contribution >= 4 is 32.0 Å². The molecule has 6 rings (SSSR count). The van der Waals surface area contributed by atoms with Gasteiger partial charge in [-0.05, 0) is 60.5 Å². The first-order valence-electron chi connectivity index (χ1n) is 11.8. The SMILES string of the molecule is Cc1ccncc1-c1ccc2[nH]nc(-c3nc4c(-c5cc(F)cc(CNS(C)(=O)=O)c5)nccc4[nH]3)c2c1F. The highest BCUT2D eigenvalue weighted by Crippen LogP contribution is 2.35. The second kappa shape index (κ2) is 9.33. The molecule has 0 radical (unpaired) electrons. The fourth-order valence-corrected chi connectivity index (χ4v) is 4.99. The lowest BCUT2D eigenvalue weighted by molar-refractivity contribution is 0.586. The van der Waals surface area contributed by atoms with Crippen molar-refractivity contribution in [3.8, 4) is 33.9 Å². The van der Waals surface area contributed by atoms with Gasteiger partial charge in [-0.3, -0.25) is 15.1 Å². The van der Waals surface area contributed by atoms with Crippen LogP contribution in [-0.4, -0.2) is 44.8 Å². The largest absolute Gasteiger partial charge is 0.336 e. The third-order valence-electron chi connectivity index (χ3n) is 6.39. The number of nitrogens with zero attached hydrogens (tertiary/aromatic N) is 4. The van der Waals surface area contributed by atoms with Crippen molar-refractivity contribution in [1.29, 1.82) is 0 Å². The molecule has 4 aromatic heterocycles. The zero-order valence-electron chi connectivity index (χ0n) is 20.8. The molecule has 12 heteroatoms. The van der Waals surface area contributed by atoms with Crippen molar-refractivity contribution in [3.05, 3.63) is 83.8 Å². The number of hydrogen-bond donors (Lipinski definition) is 3. The fourth-order valence-electron chi connectivity index (χ4n) is 4.56. The van der Waals surface area contributed by atoms with Gasteiger partial charge in [-0.1, -0.05) is 0 Å². The summed E-state index contributed by atoms with van der Waals surface area (Å²) in [6, 6.07) is 11.2. The Labute approximate surface area is 221 Å². The number of imidazole rings is 1. The number of benzene rings is 2. The Bertz CT molecular complexity index is 2000. The Hall–Kier alpha value is -4.55. The highest BCUT2D eigenvalue weighted by Gasteiger charge is 2.21. The second-order valence-electron chi connectivity index (χ2n) is 9.20. The van der Waals surface area contributed by atoms with Crippen LogP contribution in [0.2, 0.25) is 0 Å². The van der Waals surface area contributed by atoms with Crippen molar-refractivity contribution in [2.45, 2.75) is 13.5 Å². The van der Waals surface area contributed by atoms with Crippen molar-refractivity contribution in [2.75, 3.05) is 6.26 Å². The first-order valence-corrected chi connectivity index (χ1v) is 13.7. The van der Waals surface area contributed by atoms with Gasteiger partial charge in [0.2, 0.25) is 10.0 Å². The molecular weight excluding hydrogens is 524 g/mol. The van der Waals surface area contributed by atoms with Crippen molar-refractivity contribution in [3.63, 3.8) is 0 Å². The van der Waals surface area contributed by atoms with Crippen molar-refractivity contribution in [2.24, 2.45) is 0 Å². The third-order valence-corrected chi connectivity index (χ3v) is 7.06. The Morgan fingerprint density at radius 2 is 1.82 bits per heavy atom. The fraction of sp³-hybridized carbons (Fsp3) is 0.111. The van der Waals surface area contributed by atoms with Crippen LogP contribution in [0, 0.1) is 18.6 Å². The number of fused-ring (bicyclic) bond motifs is 2. The van der Waals surface area contributed by atoms with Gasteiger partial charge in [-0.2, -0.15) is 5.10 Å². The van der Waals surface area contributed by atoms with E-state index in [2.05, 4.69) is 34.9 Å². The number of rotatable bonds is 6. The molecule has 0 unspecified atom stereocenters. The average molecular weight is 546 g/mol. The van der Waals surface area contributed by atoms with Crippen molar-refractivity contribution in [1.82, 2.24) is 34.9 Å². The van der Waals surface area contributed by atoms with E-state index in [1.807, 2.05) is 13.0 Å². The number of pyridine rings is 2. The number of H-pyrrole nitrogens is 2. The maximum absolute atomic E-state index is 15.9. The molecule has 0 spiro atoms. The smallest absolute Gasteiger partial charge is 0.209 e. The Morgan fingerprint density at radius 1 is 0.974 bits per heavy atom. The minimum Gasteiger partial charge on any atom is -0.336 e. The van der Waals surface area contributed by atoms with E-state index < -0.39 is 21.7 Å². The van der Waals surface area contributed by atoms with Gasteiger partial charge >= 0.3 is 0 Å². The lowest BCUT2D eigenvalue weighted by Crippen LogP contribution is -2.21. The average Bonchev–Trinajstić information content (AvgIpc) is 3.52. The predicted octanol–water partition coefficient (Wildman–Crippen LogP) is 4.87. The Kier molecular flexibility index (Phi) is 5.92. The van der Waals surface area contributed by atoms with Crippen LogP contribution in [0.25, 0.3) is 55.8 Å². The molecule has 9 nitrogen and oxygen atoms in total. The van der Waals surface area contributed by atoms with Gasteiger partial charge in [0.25, 0.3) is 0 Å². The highest BCUT2D eigenvalue weighted by molar-refractivity contribution is 7.88. The van der Waals surface area contributed by atoms with E-state index in [1.54, 1.807) is 42.9 Å². The predicted molar refractivity (Wildman–Crippen MR) is 144 cm³/mol. The highest BCUT2D eigenvalue weighted by atomic mass is 32.2. The van der Waals surface area contributed by atoms with Crippen LogP contribution in [-0.2, 0) is 16.6 Å². The number of halogens is 2. The van der Waals surface area contributed by atoms with Gasteiger partial charge < -0.3 is 4.98 Å². The summed E-state index contributed by atoms with van der Waals surface area (Å²) < 4.78 is 55.8. The summed E-state index contributed by atoms with van der Waals surface area (Å²) in [6.07, 6.45) is 5.86. The van der Waals surface area contributed by atoms with E-state index in [0.29, 0.717) is 50.3 Å². The van der Waals surface area contributed by atoms with Gasteiger partial charge in [0.05, 0.1) is 28.4 Å². The van der Waals surface area contributed by atoms with E-state index in [1.165, 1.54) is 12.1 Å². The maximum Gasteiger partial charge on any atom is 0.209 e. The molecule has 0 aliphatic carbocycles. The third kappa shape index (κ3) is 4.64. The Balaban J connectivity index is 1.47. The lowest BCUT2D eigenvalue weighted by atomic mass is 10.00. The van der Waals surface area contributed by atoms with Crippen LogP contribution in [0.15, 0.2) is 61.1 Å². The van der Waals surface area contributed by atoms with Crippen LogP contribution >= 0.6 is 0 Å². The molecule has 0 aliphatic rings. The summed E-state index contributed by atoms with van der Waals surface area (Å²) >= 11 is 0. The monoisotopic (exact) mass is 545 g/mol. The first-order chi connectivity index (χ1) is 18.7. The van der Waals surface area contributed by atoms with E-state index in [0.717, 1.165) is 11.8 Å². The molecule has 6 aromatic rings. The maximum atomic E-state index is 15.9. The van der Waals surface area contributed by atoms with Crippen LogP contribution in [0.1, 0.15) is 11.1 Å². The second-order valence-corrected chi connectivity index (χ2v) is 11.0. The Morgan fingerprint density at radius 3 is 2.62 bits per heavy atom. The number of nitrogens with one attached hydrogen (secondary N) is 3. The van der Waals surface area contributed by atoms with E-state index >= 15 is 4.39 Å². The van der Waals surface area contributed by atoms with E-state index in [9.17, 15) is 12.8 Å². The molecule has 0 saturated carbocycles. The number of aryl methyl sites for hydroxylation is 1. The number of hydrogen-bond acceptors (Lipinski definition) is 6. The molecule has 2 aromatic carbocycles. The van der Waals surface area contributed by atoms with Gasteiger partial charge in [0.1, 0.15) is 22.8 Å². The molecular formula is C27H21F2N7O2S. The van der Waals surface area contributed by atoms with Crippen LogP contribution in [0.5, 0.6) is 0 Å². The summed E-state index contributed by atoms with van der Waals surface area (Å²) in [4.78, 5) is 16.4. The van der Waals surface area contributed by atoms with Gasteiger partial charge in [0, 0.05) is 41.8 Å². The minimum absolute atomic E-state index is 0.0807. The molecule has 0 amide bonds. The standard InChI is InChI=1S/C27H21F2N7O2S/c1-14-5-7-30-13-19(14)18-3-4-20-22(23(18)29)26(36-35-20)27-33-21-6-8-31-24(25(21)34-27)16-9-15(10-17(28)11-16)12-32-39(2,37)38/h3-11,13,32H,12H2,1-2H3,(H,33,34)(H,35,36). The van der Waals surface area contributed by atoms with Crippen LogP contribution in [0.4, 0.5) is 8.78 Å². The zero-order valence-corrected chi connectivity index (χ0v) is 21.6. The van der Waals surface area contributed by atoms with Crippen molar-refractivity contribution < 1.29 is 17.2 Å². The lowest BCUT2D eigenvalue weighted by Gasteiger charge is -2.07. The molecule has 0 aliphatic heterocycles. The quantitative estimate of drug-likeness (QED) is 0.274. The molecule has 4 heterocycles. The number of aromatic nitrogens is 6. The minimum atomic E-state index is -3.46. The molecule has 3 N–H and O–H groups in total. The zero-order chi connectivity index (χ0) is 27.3. The van der Waals surface area contributed by atoms with E-state index in [-0.39, 0.29) is 17.6 Å². The molecule has 39 heavy (non-hydrogen) atoms. The van der Waals surface area contributed by atoms with Gasteiger partial charge in [-0.15, -0.1) is 0 Å².